The molecule has 0 bridgehead atoms. The van der Waals surface area contributed by atoms with E-state index in [1.807, 2.05) is 0 Å². The highest BCUT2D eigenvalue weighted by molar-refractivity contribution is 5.83. The molecule has 0 aliphatic rings. The van der Waals surface area contributed by atoms with Gasteiger partial charge < -0.3 is 9.42 Å². The summed E-state index contributed by atoms with van der Waals surface area (Å²) in [5.74, 6) is 0.167. The monoisotopic (exact) mass is 369 g/mol. The van der Waals surface area contributed by atoms with Gasteiger partial charge in [0.25, 0.3) is 0 Å². The lowest BCUT2D eigenvalue weighted by Gasteiger charge is -2.28. The number of nitrogens with zero attached hydrogens (tertiary/aromatic N) is 5. The molecule has 0 unspecified atom stereocenters. The lowest BCUT2D eigenvalue weighted by atomic mass is 10.0. The molecule has 2 aromatic heterocycles. The summed E-state index contributed by atoms with van der Waals surface area (Å²) in [5.41, 5.74) is 1.36. The predicted molar refractivity (Wildman–Crippen MR) is 96.8 cm³/mol. The van der Waals surface area contributed by atoms with E-state index in [-0.39, 0.29) is 18.3 Å². The van der Waals surface area contributed by atoms with Crippen LogP contribution < -0.4 is 0 Å². The van der Waals surface area contributed by atoms with E-state index in [9.17, 15) is 9.18 Å². The number of carbonyl (C=O) groups is 1. The predicted octanol–water partition coefficient (Wildman–Crippen LogP) is 2.53. The minimum atomic E-state index is -0.617. The molecule has 27 heavy (non-hydrogen) atoms. The number of hydrogen-bond acceptors (Lipinski definition) is 6. The van der Waals surface area contributed by atoms with Crippen molar-refractivity contribution in [2.45, 2.75) is 12.6 Å². The summed E-state index contributed by atoms with van der Waals surface area (Å²) in [6, 6.07) is 8.97. The average molecular weight is 369 g/mol. The third-order valence-electron chi connectivity index (χ3n) is 4.07. The largest absolute Gasteiger partial charge is 0.337 e. The normalized spacial score (nSPS) is 12.2. The van der Waals surface area contributed by atoms with Crippen LogP contribution in [0.5, 0.6) is 0 Å². The smallest absolute Gasteiger partial charge is 0.246 e. The topological polar surface area (TPSA) is 75.4 Å². The van der Waals surface area contributed by atoms with E-state index >= 15 is 0 Å². The van der Waals surface area contributed by atoms with E-state index in [2.05, 4.69) is 15.1 Å². The number of halogens is 1. The van der Waals surface area contributed by atoms with E-state index in [0.717, 1.165) is 5.56 Å². The van der Waals surface area contributed by atoms with E-state index in [0.29, 0.717) is 17.3 Å². The summed E-state index contributed by atoms with van der Waals surface area (Å²) >= 11 is 0. The Kier molecular flexibility index (Phi) is 5.56. The number of rotatable bonds is 6. The van der Waals surface area contributed by atoms with Crippen LogP contribution in [-0.4, -0.2) is 52.0 Å². The number of pyridine rings is 1. The molecular weight excluding hydrogens is 349 g/mol. The molecule has 0 aliphatic carbocycles. The van der Waals surface area contributed by atoms with Crippen LogP contribution in [-0.2, 0) is 11.3 Å². The maximum atomic E-state index is 13.6. The Bertz CT molecular complexity index is 913. The van der Waals surface area contributed by atoms with E-state index in [1.165, 1.54) is 17.0 Å². The fourth-order valence-electron chi connectivity index (χ4n) is 2.77. The van der Waals surface area contributed by atoms with Crippen molar-refractivity contribution in [1.29, 1.82) is 0 Å². The zero-order chi connectivity index (χ0) is 19.4. The third kappa shape index (κ3) is 4.35. The van der Waals surface area contributed by atoms with Gasteiger partial charge in [0.2, 0.25) is 17.6 Å². The molecule has 7 nitrogen and oxygen atoms in total. The zero-order valence-corrected chi connectivity index (χ0v) is 15.3. The van der Waals surface area contributed by atoms with Crippen LogP contribution in [0.1, 0.15) is 17.5 Å². The van der Waals surface area contributed by atoms with E-state index in [4.69, 9.17) is 4.52 Å². The van der Waals surface area contributed by atoms with E-state index < -0.39 is 6.04 Å². The van der Waals surface area contributed by atoms with Crippen LogP contribution in [0.2, 0.25) is 0 Å². The SMILES string of the molecule is CN(Cc1nc(-c2ccncc2)no1)C(=O)[C@H](c1cccc(F)c1)N(C)C. The lowest BCUT2D eigenvalue weighted by Crippen LogP contribution is -2.38. The number of likely N-dealkylation sites (N-methyl/N-ethyl adjacent to an activating group) is 2. The van der Waals surface area contributed by atoms with Gasteiger partial charge in [-0.3, -0.25) is 14.7 Å². The first-order valence-corrected chi connectivity index (χ1v) is 8.35. The van der Waals surface area contributed by atoms with Crippen molar-refractivity contribution in [3.63, 3.8) is 0 Å². The minimum Gasteiger partial charge on any atom is -0.337 e. The van der Waals surface area contributed by atoms with Gasteiger partial charge in [0, 0.05) is 25.0 Å². The van der Waals surface area contributed by atoms with Crippen molar-refractivity contribution in [2.75, 3.05) is 21.1 Å². The summed E-state index contributed by atoms with van der Waals surface area (Å²) in [6.45, 7) is 0.149. The minimum absolute atomic E-state index is 0.149. The summed E-state index contributed by atoms with van der Waals surface area (Å²) < 4.78 is 18.8. The molecule has 1 atom stereocenters. The summed E-state index contributed by atoms with van der Waals surface area (Å²) in [4.78, 5) is 24.4. The van der Waals surface area contributed by atoms with Crippen LogP contribution >= 0.6 is 0 Å². The zero-order valence-electron chi connectivity index (χ0n) is 15.3. The Balaban J connectivity index is 1.75. The maximum absolute atomic E-state index is 13.6. The quantitative estimate of drug-likeness (QED) is 0.665. The molecule has 0 spiro atoms. The van der Waals surface area contributed by atoms with E-state index in [1.54, 1.807) is 62.7 Å². The fourth-order valence-corrected chi connectivity index (χ4v) is 2.77. The molecule has 140 valence electrons. The molecule has 3 aromatic rings. The van der Waals surface area contributed by atoms with Gasteiger partial charge in [-0.15, -0.1) is 0 Å². The highest BCUT2D eigenvalue weighted by Gasteiger charge is 2.27. The molecule has 1 amide bonds. The standard InChI is InChI=1S/C19H20FN5O2/c1-24(2)17(14-5-4-6-15(20)11-14)19(26)25(3)12-16-22-18(23-27-16)13-7-9-21-10-8-13/h4-11,17H,12H2,1-3H3/t17-/m0/s1. The van der Waals surface area contributed by atoms with Gasteiger partial charge in [-0.1, -0.05) is 17.3 Å². The Morgan fingerprint density at radius 3 is 2.59 bits per heavy atom. The molecule has 2 heterocycles. The number of amides is 1. The van der Waals surface area contributed by atoms with Crippen molar-refractivity contribution in [1.82, 2.24) is 24.9 Å². The molecule has 3 rings (SSSR count). The maximum Gasteiger partial charge on any atom is 0.246 e. The number of benzene rings is 1. The third-order valence-corrected chi connectivity index (χ3v) is 4.07. The van der Waals surface area contributed by atoms with Crippen LogP contribution in [0, 0.1) is 5.82 Å². The van der Waals surface area contributed by atoms with Gasteiger partial charge >= 0.3 is 0 Å². The molecule has 0 aliphatic heterocycles. The second kappa shape index (κ2) is 8.05. The van der Waals surface area contributed by atoms with Gasteiger partial charge in [-0.05, 0) is 43.9 Å². The summed E-state index contributed by atoms with van der Waals surface area (Å²) in [6.07, 6.45) is 3.28. The van der Waals surface area contributed by atoms with Gasteiger partial charge in [-0.2, -0.15) is 4.98 Å². The number of carbonyl (C=O) groups excluding carboxylic acids is 1. The Hall–Kier alpha value is -3.13. The molecule has 1 aromatic carbocycles. The van der Waals surface area contributed by atoms with Gasteiger partial charge in [0.05, 0.1) is 6.54 Å². The van der Waals surface area contributed by atoms with Gasteiger partial charge in [0.15, 0.2) is 0 Å². The average Bonchev–Trinajstić information content (AvgIpc) is 3.11. The van der Waals surface area contributed by atoms with Crippen molar-refractivity contribution in [2.24, 2.45) is 0 Å². The number of hydrogen-bond donors (Lipinski definition) is 0. The molecular formula is C19H20FN5O2. The molecule has 0 fully saturated rings. The Morgan fingerprint density at radius 1 is 1.19 bits per heavy atom. The molecule has 0 saturated carbocycles. The van der Waals surface area contributed by atoms with Crippen LogP contribution in [0.15, 0.2) is 53.3 Å². The molecule has 0 N–H and O–H groups in total. The van der Waals surface area contributed by atoms with Crippen LogP contribution in [0.4, 0.5) is 4.39 Å². The first kappa shape index (κ1) is 18.7. The second-order valence-electron chi connectivity index (χ2n) is 6.36. The highest BCUT2D eigenvalue weighted by Crippen LogP contribution is 2.22. The lowest BCUT2D eigenvalue weighted by molar-refractivity contribution is -0.135. The van der Waals surface area contributed by atoms with Crippen molar-refractivity contribution in [3.8, 4) is 11.4 Å². The fraction of sp³-hybridized carbons (Fsp3) is 0.263. The first-order valence-electron chi connectivity index (χ1n) is 8.35. The summed E-state index contributed by atoms with van der Waals surface area (Å²) in [5, 5.41) is 3.94. The molecule has 0 saturated heterocycles. The molecule has 8 heteroatoms. The van der Waals surface area contributed by atoms with Gasteiger partial charge in [-0.25, -0.2) is 4.39 Å². The highest BCUT2D eigenvalue weighted by atomic mass is 19.1. The second-order valence-corrected chi connectivity index (χ2v) is 6.36. The van der Waals surface area contributed by atoms with Crippen molar-refractivity contribution >= 4 is 5.91 Å². The summed E-state index contributed by atoms with van der Waals surface area (Å²) in [7, 11) is 5.19. The first-order chi connectivity index (χ1) is 13.0. The van der Waals surface area contributed by atoms with Crippen molar-refractivity contribution in [3.05, 3.63) is 66.1 Å². The Labute approximate surface area is 156 Å². The van der Waals surface area contributed by atoms with Crippen molar-refractivity contribution < 1.29 is 13.7 Å². The van der Waals surface area contributed by atoms with Gasteiger partial charge in [0.1, 0.15) is 11.9 Å². The number of aromatic nitrogens is 3. The Morgan fingerprint density at radius 2 is 1.93 bits per heavy atom. The molecule has 0 radical (unpaired) electrons. The van der Waals surface area contributed by atoms with Crippen LogP contribution in [0.25, 0.3) is 11.4 Å². The van der Waals surface area contributed by atoms with Crippen LogP contribution in [0.3, 0.4) is 0 Å².